The highest BCUT2D eigenvalue weighted by Gasteiger charge is 2.68. The normalized spacial score (nSPS) is 15.6. The molecule has 0 aliphatic carbocycles. The van der Waals surface area contributed by atoms with E-state index in [0.29, 0.717) is 5.92 Å². The Balaban J connectivity index is 6.08. The zero-order chi connectivity index (χ0) is 41.0. The van der Waals surface area contributed by atoms with Crippen molar-refractivity contribution in [2.75, 3.05) is 0 Å². The maximum atomic E-state index is 2.64. The van der Waals surface area contributed by atoms with Crippen LogP contribution in [-0.4, -0.2) is 0 Å². The van der Waals surface area contributed by atoms with Crippen molar-refractivity contribution in [1.29, 1.82) is 0 Å². The summed E-state index contributed by atoms with van der Waals surface area (Å²) < 4.78 is 0. The Morgan fingerprint density at radius 3 is 0.745 bits per heavy atom. The van der Waals surface area contributed by atoms with E-state index in [9.17, 15) is 0 Å². The van der Waals surface area contributed by atoms with Crippen molar-refractivity contribution in [3.63, 3.8) is 0 Å². The summed E-state index contributed by atoms with van der Waals surface area (Å²) in [4.78, 5) is 0. The Labute approximate surface area is 327 Å². The molecule has 0 fully saturated rings. The van der Waals surface area contributed by atoms with E-state index < -0.39 is 0 Å². The molecule has 0 heteroatoms. The van der Waals surface area contributed by atoms with Crippen LogP contribution in [0.3, 0.4) is 0 Å². The first-order chi connectivity index (χ1) is 22.5. The third-order valence-electron chi connectivity index (χ3n) is 21.2. The van der Waals surface area contributed by atoms with Crippen molar-refractivity contribution >= 4 is 0 Å². The highest BCUT2D eigenvalue weighted by atomic mass is 14.7. The Kier molecular flexibility index (Phi) is 17.4. The number of hydrogen-bond donors (Lipinski definition) is 0. The van der Waals surface area contributed by atoms with Gasteiger partial charge in [0.2, 0.25) is 0 Å². The van der Waals surface area contributed by atoms with Gasteiger partial charge in [0.25, 0.3) is 0 Å². The number of unbranched alkanes of at least 4 members (excludes halogenated alkanes) is 12. The quantitative estimate of drug-likeness (QED) is 0.0825. The van der Waals surface area contributed by atoms with Gasteiger partial charge in [-0.3, -0.25) is 0 Å². The second-order valence-corrected chi connectivity index (χ2v) is 24.4. The zero-order valence-corrected chi connectivity index (χ0v) is 41.0. The van der Waals surface area contributed by atoms with Crippen molar-refractivity contribution in [1.82, 2.24) is 0 Å². The second-order valence-electron chi connectivity index (χ2n) is 24.4. The van der Waals surface area contributed by atoms with Crippen LogP contribution in [0, 0.1) is 65.5 Å². The number of hydrogen-bond acceptors (Lipinski definition) is 0. The van der Waals surface area contributed by atoms with E-state index >= 15 is 0 Å². The van der Waals surface area contributed by atoms with E-state index in [0.717, 1.165) is 0 Å². The van der Waals surface area contributed by atoms with E-state index in [1.54, 1.807) is 0 Å². The van der Waals surface area contributed by atoms with Crippen molar-refractivity contribution in [2.24, 2.45) is 65.5 Å². The average Bonchev–Trinajstić information content (AvgIpc) is 2.98. The van der Waals surface area contributed by atoms with Crippen LogP contribution in [0.1, 0.15) is 263 Å². The largest absolute Gasteiger partial charge is 0.0654 e. The van der Waals surface area contributed by atoms with Crippen LogP contribution in [0.15, 0.2) is 0 Å². The van der Waals surface area contributed by atoms with Crippen molar-refractivity contribution in [3.8, 4) is 0 Å². The van der Waals surface area contributed by atoms with Crippen LogP contribution in [0.25, 0.3) is 0 Å². The molecule has 0 aromatic heterocycles. The van der Waals surface area contributed by atoms with Gasteiger partial charge in [0.05, 0.1) is 0 Å². The van der Waals surface area contributed by atoms with Crippen LogP contribution >= 0.6 is 0 Å². The summed E-state index contributed by atoms with van der Waals surface area (Å²) in [5.74, 6) is 0.611. The first-order valence-corrected chi connectivity index (χ1v) is 22.5. The maximum absolute atomic E-state index is 2.64. The summed E-state index contributed by atoms with van der Waals surface area (Å²) in [5.41, 5.74) is 1.14. The smallest absolute Gasteiger partial charge is 0.0241 e. The average molecular weight is 717 g/mol. The molecular weight excluding hydrogens is 613 g/mol. The van der Waals surface area contributed by atoms with Gasteiger partial charge in [-0.15, -0.1) is 0 Å². The summed E-state index contributed by atoms with van der Waals surface area (Å²) in [6.07, 6.45) is 19.8. The van der Waals surface area contributed by atoms with Gasteiger partial charge in [-0.25, -0.2) is 0 Å². The highest BCUT2D eigenvalue weighted by Crippen LogP contribution is 2.75. The Morgan fingerprint density at radius 2 is 0.490 bits per heavy atom. The fraction of sp³-hybridized carbons (Fsp3) is 1.00. The van der Waals surface area contributed by atoms with Crippen LogP contribution < -0.4 is 0 Å². The maximum Gasteiger partial charge on any atom is -0.0241 e. The lowest BCUT2D eigenvalue weighted by molar-refractivity contribution is -0.241. The minimum absolute atomic E-state index is 0.0366. The Morgan fingerprint density at radius 1 is 0.275 bits per heavy atom. The van der Waals surface area contributed by atoms with Gasteiger partial charge in [-0.2, -0.15) is 0 Å². The SMILES string of the molecule is CCCCCCCCCCCCCCCC(C)(C)C(C)(C)C(C)(C)C(C)(C)C(C)(C)C(C)(C)C(C)(C)C(C)(C)C(C)(C)C(C)(C)C(C)(C)C(C)C. The molecule has 0 saturated carbocycles. The summed E-state index contributed by atoms with van der Waals surface area (Å²) in [6.45, 7) is 64.5. The summed E-state index contributed by atoms with van der Waals surface area (Å²) in [7, 11) is 0. The molecule has 0 aromatic carbocycles. The van der Waals surface area contributed by atoms with Gasteiger partial charge in [0, 0.05) is 0 Å². The molecule has 0 aliphatic rings. The van der Waals surface area contributed by atoms with Gasteiger partial charge in [0.15, 0.2) is 0 Å². The fourth-order valence-electron chi connectivity index (χ4n) is 10.7. The molecule has 0 spiro atoms. The highest BCUT2D eigenvalue weighted by molar-refractivity contribution is 5.16. The lowest BCUT2D eigenvalue weighted by atomic mass is 9.32. The van der Waals surface area contributed by atoms with Crippen LogP contribution in [0.2, 0.25) is 0 Å². The molecule has 0 rings (SSSR count). The molecule has 0 atom stereocenters. The predicted octanol–water partition coefficient (Wildman–Crippen LogP) is 18.4. The lowest BCUT2D eigenvalue weighted by Crippen LogP contribution is -2.66. The molecule has 308 valence electrons. The predicted molar refractivity (Wildman–Crippen MR) is 237 cm³/mol. The molecule has 0 N–H and O–H groups in total. The third-order valence-corrected chi connectivity index (χ3v) is 21.2. The van der Waals surface area contributed by atoms with E-state index in [2.05, 4.69) is 173 Å². The van der Waals surface area contributed by atoms with E-state index in [1.165, 1.54) is 89.9 Å². The van der Waals surface area contributed by atoms with Crippen molar-refractivity contribution in [2.45, 2.75) is 263 Å². The second kappa shape index (κ2) is 17.4. The monoisotopic (exact) mass is 717 g/mol. The molecule has 0 amide bonds. The standard InChI is InChI=1S/C51H104/c1-26-27-28-29-30-31-32-33-34-35-36-37-38-39-41(4,5)43(8,9)45(12,13)47(16,17)49(20,21)51(24,25)50(22,23)48(18,19)46(14,15)44(10,11)42(6,7)40(2)3/h40H,26-39H2,1-25H3. The molecule has 0 unspecified atom stereocenters. The zero-order valence-electron chi connectivity index (χ0n) is 41.0. The van der Waals surface area contributed by atoms with Crippen molar-refractivity contribution in [3.05, 3.63) is 0 Å². The molecule has 0 aliphatic heterocycles. The minimum atomic E-state index is 0.0366. The van der Waals surface area contributed by atoms with Crippen LogP contribution in [-0.2, 0) is 0 Å². The van der Waals surface area contributed by atoms with E-state index in [4.69, 9.17) is 0 Å². The molecule has 0 saturated heterocycles. The van der Waals surface area contributed by atoms with Gasteiger partial charge in [0.1, 0.15) is 0 Å². The fourth-order valence-corrected chi connectivity index (χ4v) is 10.7. The minimum Gasteiger partial charge on any atom is -0.0654 e. The lowest BCUT2D eigenvalue weighted by Gasteiger charge is -2.72. The van der Waals surface area contributed by atoms with Crippen molar-refractivity contribution < 1.29 is 0 Å². The molecule has 51 heavy (non-hydrogen) atoms. The third kappa shape index (κ3) is 9.18. The molecule has 0 radical (unpaired) electrons. The number of rotatable bonds is 25. The van der Waals surface area contributed by atoms with Gasteiger partial charge < -0.3 is 0 Å². The molecule has 0 heterocycles. The van der Waals surface area contributed by atoms with E-state index in [-0.39, 0.29) is 59.6 Å². The topological polar surface area (TPSA) is 0 Å². The first-order valence-electron chi connectivity index (χ1n) is 22.5. The Hall–Kier alpha value is 0. The molecule has 0 aromatic rings. The summed E-state index contributed by atoms with van der Waals surface area (Å²) in [5, 5.41) is 0. The Bertz CT molecular complexity index is 1010. The van der Waals surface area contributed by atoms with Gasteiger partial charge in [-0.05, 0) is 71.9 Å². The molecule has 0 nitrogen and oxygen atoms in total. The van der Waals surface area contributed by atoms with Gasteiger partial charge in [-0.1, -0.05) is 257 Å². The summed E-state index contributed by atoms with van der Waals surface area (Å²) in [6, 6.07) is 0. The van der Waals surface area contributed by atoms with Gasteiger partial charge >= 0.3 is 0 Å². The summed E-state index contributed by atoms with van der Waals surface area (Å²) >= 11 is 0. The van der Waals surface area contributed by atoms with E-state index in [1.807, 2.05) is 0 Å². The van der Waals surface area contributed by atoms with Crippen LogP contribution in [0.4, 0.5) is 0 Å². The van der Waals surface area contributed by atoms with Crippen LogP contribution in [0.5, 0.6) is 0 Å². The molecular formula is C51H104. The molecule has 0 bridgehead atoms. The first kappa shape index (κ1) is 51.0.